The molecule has 2 fully saturated rings. The van der Waals surface area contributed by atoms with Crippen LogP contribution in [0.25, 0.3) is 0 Å². The molecule has 2 heterocycles. The second-order valence-corrected chi connectivity index (χ2v) is 9.02. The topological polar surface area (TPSA) is 127 Å². The normalized spacial score (nSPS) is 22.5. The third-order valence-electron chi connectivity index (χ3n) is 5.29. The molecule has 0 bridgehead atoms. The highest BCUT2D eigenvalue weighted by atomic mass is 33.1. The van der Waals surface area contributed by atoms with Gasteiger partial charge in [0.2, 0.25) is 11.8 Å². The molecule has 190 valence electrons. The quantitative estimate of drug-likeness (QED) is 0.0690. The van der Waals surface area contributed by atoms with Gasteiger partial charge in [-0.25, -0.2) is 0 Å². The largest absolute Gasteiger partial charge is 0.459 e. The minimum atomic E-state index is -0.720. The molecule has 0 aliphatic carbocycles. The van der Waals surface area contributed by atoms with Gasteiger partial charge in [-0.1, -0.05) is 10.8 Å². The second kappa shape index (κ2) is 16.5. The number of carbonyl (C=O) groups is 3. The van der Waals surface area contributed by atoms with Crippen LogP contribution in [-0.2, 0) is 33.3 Å². The molecule has 13 heteroatoms. The molecule has 11 nitrogen and oxygen atoms in total. The predicted octanol–water partition coefficient (Wildman–Crippen LogP) is -0.828. The van der Waals surface area contributed by atoms with Gasteiger partial charge in [0.25, 0.3) is 0 Å². The van der Waals surface area contributed by atoms with E-state index in [4.69, 9.17) is 18.9 Å². The molecule has 0 radical (unpaired) electrons. The Hall–Kier alpha value is -1.09. The number of thiol groups is 1. The Bertz CT molecular complexity index is 611. The first-order valence-corrected chi connectivity index (χ1v) is 13.3. The fraction of sp³-hybridized carbons (Fsp3) is 0.850. The van der Waals surface area contributed by atoms with Crippen molar-refractivity contribution in [3.05, 3.63) is 0 Å². The van der Waals surface area contributed by atoms with Crippen LogP contribution in [0.5, 0.6) is 0 Å². The van der Waals surface area contributed by atoms with Crippen molar-refractivity contribution in [1.29, 1.82) is 0 Å². The Labute approximate surface area is 204 Å². The molecule has 3 unspecified atom stereocenters. The van der Waals surface area contributed by atoms with Crippen LogP contribution in [0.1, 0.15) is 19.3 Å². The van der Waals surface area contributed by atoms with E-state index in [1.165, 1.54) is 15.7 Å². The van der Waals surface area contributed by atoms with E-state index in [1.54, 1.807) is 0 Å². The third-order valence-corrected chi connectivity index (χ3v) is 5.95. The maximum absolute atomic E-state index is 12.7. The van der Waals surface area contributed by atoms with Gasteiger partial charge in [0.05, 0.1) is 45.5 Å². The zero-order valence-electron chi connectivity index (χ0n) is 19.1. The molecular formula is C20H36N4O7S2. The van der Waals surface area contributed by atoms with E-state index < -0.39 is 12.1 Å². The summed E-state index contributed by atoms with van der Waals surface area (Å²) < 4.78 is 21.8. The van der Waals surface area contributed by atoms with Crippen LogP contribution < -0.4 is 16.0 Å². The van der Waals surface area contributed by atoms with Crippen LogP contribution in [0.15, 0.2) is 0 Å². The van der Waals surface area contributed by atoms with Gasteiger partial charge in [-0.3, -0.25) is 14.4 Å². The highest BCUT2D eigenvalue weighted by Crippen LogP contribution is 2.22. The highest BCUT2D eigenvalue weighted by Gasteiger charge is 2.42. The molecule has 2 aliphatic rings. The van der Waals surface area contributed by atoms with E-state index in [2.05, 4.69) is 27.6 Å². The number of hydrogen-bond acceptors (Lipinski definition) is 11. The molecule has 0 spiro atoms. The van der Waals surface area contributed by atoms with Gasteiger partial charge in [-0.05, 0) is 26.4 Å². The number of likely N-dealkylation sites (N-methyl/N-ethyl adjacent to an activating group) is 1. The lowest BCUT2D eigenvalue weighted by Crippen LogP contribution is -2.47. The van der Waals surface area contributed by atoms with Crippen molar-refractivity contribution >= 4 is 40.2 Å². The van der Waals surface area contributed by atoms with Crippen LogP contribution in [0.3, 0.4) is 0 Å². The number of nitrogens with zero attached hydrogens (tertiary/aromatic N) is 1. The van der Waals surface area contributed by atoms with Crippen molar-refractivity contribution in [2.45, 2.75) is 37.5 Å². The Morgan fingerprint density at radius 2 is 1.85 bits per heavy atom. The van der Waals surface area contributed by atoms with Crippen molar-refractivity contribution in [2.24, 2.45) is 0 Å². The standard InChI is InChI=1S/C20H36N4O7S2/c1-21-5-6-28-7-8-29-9-10-30-13-18(25)24-12-15(11-17(24)19(26)23-14-33-32)31-20(27)16-3-2-4-22-16/h15-17,21-22,32H,2-14H2,1H3,(H,23,26). The maximum atomic E-state index is 12.7. The summed E-state index contributed by atoms with van der Waals surface area (Å²) >= 11 is 4.02. The van der Waals surface area contributed by atoms with Crippen molar-refractivity contribution in [1.82, 2.24) is 20.9 Å². The summed E-state index contributed by atoms with van der Waals surface area (Å²) in [6.07, 6.45) is 1.37. The van der Waals surface area contributed by atoms with Crippen LogP contribution in [-0.4, -0.2) is 113 Å². The van der Waals surface area contributed by atoms with Gasteiger partial charge >= 0.3 is 5.97 Å². The number of hydrogen-bond donors (Lipinski definition) is 4. The molecule has 0 aromatic heterocycles. The number of carbonyl (C=O) groups excluding carboxylic acids is 3. The minimum Gasteiger partial charge on any atom is -0.459 e. The molecule has 2 saturated heterocycles. The average Bonchev–Trinajstić information content (AvgIpc) is 3.49. The van der Waals surface area contributed by atoms with Gasteiger partial charge in [-0.15, -0.1) is 11.7 Å². The first-order chi connectivity index (χ1) is 16.1. The first kappa shape index (κ1) is 28.1. The lowest BCUT2D eigenvalue weighted by Gasteiger charge is -2.23. The summed E-state index contributed by atoms with van der Waals surface area (Å²) in [4.78, 5) is 39.1. The molecule has 3 N–H and O–H groups in total. The molecule has 2 rings (SSSR count). The zero-order valence-corrected chi connectivity index (χ0v) is 20.8. The monoisotopic (exact) mass is 508 g/mol. The maximum Gasteiger partial charge on any atom is 0.323 e. The summed E-state index contributed by atoms with van der Waals surface area (Å²) in [7, 11) is 3.03. The first-order valence-electron chi connectivity index (χ1n) is 11.2. The smallest absolute Gasteiger partial charge is 0.323 e. The Morgan fingerprint density at radius 1 is 1.12 bits per heavy atom. The molecule has 0 aromatic carbocycles. The van der Waals surface area contributed by atoms with E-state index in [0.717, 1.165) is 25.9 Å². The SMILES string of the molecule is CNCCOCCOCCOCC(=O)N1CC(OC(=O)C2CCCN2)CC1C(=O)NCSS. The number of ether oxygens (including phenoxy) is 4. The van der Waals surface area contributed by atoms with Crippen molar-refractivity contribution in [3.8, 4) is 0 Å². The average molecular weight is 509 g/mol. The van der Waals surface area contributed by atoms with Crippen LogP contribution >= 0.6 is 22.5 Å². The number of rotatable bonds is 16. The third kappa shape index (κ3) is 10.4. The summed E-state index contributed by atoms with van der Waals surface area (Å²) in [6, 6.07) is -1.04. The fourth-order valence-corrected chi connectivity index (χ4v) is 4.02. The van der Waals surface area contributed by atoms with Gasteiger partial charge in [0.15, 0.2) is 0 Å². The Balaban J connectivity index is 1.74. The van der Waals surface area contributed by atoms with Crippen LogP contribution in [0.2, 0.25) is 0 Å². The van der Waals surface area contributed by atoms with E-state index in [1.807, 2.05) is 7.05 Å². The summed E-state index contributed by atoms with van der Waals surface area (Å²) in [5.74, 6) is -0.658. The Morgan fingerprint density at radius 3 is 2.52 bits per heavy atom. The molecule has 2 amide bonds. The molecule has 0 saturated carbocycles. The number of esters is 1. The number of amides is 2. The lowest BCUT2D eigenvalue weighted by molar-refractivity contribution is -0.151. The number of nitrogens with one attached hydrogen (secondary N) is 3. The second-order valence-electron chi connectivity index (χ2n) is 7.70. The van der Waals surface area contributed by atoms with Crippen LogP contribution in [0, 0.1) is 0 Å². The molecular weight excluding hydrogens is 472 g/mol. The molecule has 33 heavy (non-hydrogen) atoms. The molecule has 2 aliphatic heterocycles. The summed E-state index contributed by atoms with van der Waals surface area (Å²) in [6.45, 7) is 3.68. The highest BCUT2D eigenvalue weighted by molar-refractivity contribution is 8.68. The zero-order chi connectivity index (χ0) is 23.9. The predicted molar refractivity (Wildman–Crippen MR) is 127 cm³/mol. The van der Waals surface area contributed by atoms with Gasteiger partial charge < -0.3 is 39.8 Å². The molecule has 3 atom stereocenters. The van der Waals surface area contributed by atoms with Crippen molar-refractivity contribution < 1.29 is 33.3 Å². The summed E-state index contributed by atoms with van der Waals surface area (Å²) in [5.41, 5.74) is 0. The number of likely N-dealkylation sites (tertiary alicyclic amines) is 1. The van der Waals surface area contributed by atoms with Crippen molar-refractivity contribution in [3.63, 3.8) is 0 Å². The van der Waals surface area contributed by atoms with E-state index in [0.29, 0.717) is 32.3 Å². The van der Waals surface area contributed by atoms with E-state index in [-0.39, 0.29) is 50.0 Å². The lowest BCUT2D eigenvalue weighted by atomic mass is 10.2. The van der Waals surface area contributed by atoms with E-state index in [9.17, 15) is 14.4 Å². The van der Waals surface area contributed by atoms with Crippen LogP contribution in [0.4, 0.5) is 0 Å². The fourth-order valence-electron chi connectivity index (χ4n) is 3.62. The minimum absolute atomic E-state index is 0.160. The Kier molecular flexibility index (Phi) is 14.1. The van der Waals surface area contributed by atoms with Crippen molar-refractivity contribution in [2.75, 3.05) is 72.2 Å². The van der Waals surface area contributed by atoms with E-state index >= 15 is 0 Å². The van der Waals surface area contributed by atoms with Gasteiger partial charge in [0, 0.05) is 13.0 Å². The molecule has 0 aromatic rings. The summed E-state index contributed by atoms with van der Waals surface area (Å²) in [5, 5.41) is 8.81. The van der Waals surface area contributed by atoms with Gasteiger partial charge in [0.1, 0.15) is 24.8 Å². The van der Waals surface area contributed by atoms with Gasteiger partial charge in [-0.2, -0.15) is 0 Å².